The molecule has 0 amide bonds. The van der Waals surface area contributed by atoms with E-state index in [4.69, 9.17) is 0 Å². The number of allylic oxidation sites excluding steroid dienone is 2. The summed E-state index contributed by atoms with van der Waals surface area (Å²) >= 11 is 0. The second kappa shape index (κ2) is 4.82. The van der Waals surface area contributed by atoms with Crippen LogP contribution in [-0.4, -0.2) is 11.6 Å². The van der Waals surface area contributed by atoms with Gasteiger partial charge in [0.2, 0.25) is 0 Å². The first-order valence-electron chi connectivity index (χ1n) is 7.48. The molecule has 0 saturated heterocycles. The topological polar surface area (TPSA) is 34.1 Å². The summed E-state index contributed by atoms with van der Waals surface area (Å²) < 4.78 is 0. The summed E-state index contributed by atoms with van der Waals surface area (Å²) in [5.41, 5.74) is -0.00202. The van der Waals surface area contributed by atoms with Crippen molar-refractivity contribution >= 4 is 11.6 Å². The molecule has 0 aliphatic heterocycles. The number of Topliss-reactive ketones (excluding diaryl/α,β-unsaturated/α-hetero) is 2. The van der Waals surface area contributed by atoms with Crippen molar-refractivity contribution in [3.8, 4) is 0 Å². The van der Waals surface area contributed by atoms with Gasteiger partial charge in [0.15, 0.2) is 5.78 Å². The summed E-state index contributed by atoms with van der Waals surface area (Å²) in [7, 11) is 0. The second-order valence-electron chi connectivity index (χ2n) is 9.18. The molecule has 0 heterocycles. The van der Waals surface area contributed by atoms with Gasteiger partial charge in [-0.25, -0.2) is 0 Å². The lowest BCUT2D eigenvalue weighted by Crippen LogP contribution is -2.39. The van der Waals surface area contributed by atoms with Crippen molar-refractivity contribution in [1.29, 1.82) is 0 Å². The molecule has 0 aromatic heterocycles. The van der Waals surface area contributed by atoms with Crippen LogP contribution in [0.25, 0.3) is 0 Å². The molecule has 2 nitrogen and oxygen atoms in total. The van der Waals surface area contributed by atoms with Crippen molar-refractivity contribution in [2.45, 2.75) is 62.3 Å². The highest BCUT2D eigenvalue weighted by Gasteiger charge is 2.49. The van der Waals surface area contributed by atoms with E-state index in [1.807, 2.05) is 47.6 Å². The number of carbonyl (C=O) groups excluding carboxylic acids is 2. The van der Waals surface area contributed by atoms with E-state index in [1.54, 1.807) is 0 Å². The van der Waals surface area contributed by atoms with Crippen molar-refractivity contribution in [3.05, 3.63) is 11.6 Å². The van der Waals surface area contributed by atoms with Gasteiger partial charge in [-0.15, -0.1) is 0 Å². The van der Waals surface area contributed by atoms with Gasteiger partial charge in [-0.3, -0.25) is 9.59 Å². The minimum absolute atomic E-state index is 0.160. The Kier molecular flexibility index (Phi) is 4.13. The highest BCUT2D eigenvalue weighted by atomic mass is 16.1. The minimum Gasteiger partial charge on any atom is -0.298 e. The number of hydrogen-bond donors (Lipinski definition) is 0. The van der Waals surface area contributed by atoms with E-state index in [9.17, 15) is 9.59 Å². The van der Waals surface area contributed by atoms with Gasteiger partial charge in [-0.05, 0) is 16.4 Å². The molecule has 0 radical (unpaired) electrons. The molecule has 114 valence electrons. The highest BCUT2D eigenvalue weighted by molar-refractivity contribution is 6.06. The van der Waals surface area contributed by atoms with E-state index in [0.29, 0.717) is 0 Å². The first-order chi connectivity index (χ1) is 8.67. The molecule has 2 unspecified atom stereocenters. The van der Waals surface area contributed by atoms with Gasteiger partial charge in [0, 0.05) is 17.3 Å². The third-order valence-electron chi connectivity index (χ3n) is 4.04. The largest absolute Gasteiger partial charge is 0.298 e. The third kappa shape index (κ3) is 3.21. The van der Waals surface area contributed by atoms with Gasteiger partial charge in [0.25, 0.3) is 0 Å². The summed E-state index contributed by atoms with van der Waals surface area (Å²) in [6, 6.07) is 0. The van der Waals surface area contributed by atoms with E-state index < -0.39 is 5.41 Å². The summed E-state index contributed by atoms with van der Waals surface area (Å²) in [5, 5.41) is 0. The molecular formula is C18H30O2. The normalized spacial score (nSPS) is 24.9. The van der Waals surface area contributed by atoms with Gasteiger partial charge in [0.1, 0.15) is 5.78 Å². The van der Waals surface area contributed by atoms with Crippen molar-refractivity contribution in [2.75, 3.05) is 0 Å². The fraction of sp³-hybridized carbons (Fsp3) is 0.778. The highest BCUT2D eigenvalue weighted by Crippen LogP contribution is 2.47. The zero-order chi connectivity index (χ0) is 16.1. The lowest BCUT2D eigenvalue weighted by Gasteiger charge is -2.33. The van der Waals surface area contributed by atoms with Crippen LogP contribution in [0.3, 0.4) is 0 Å². The van der Waals surface area contributed by atoms with Crippen molar-refractivity contribution in [3.63, 3.8) is 0 Å². The zero-order valence-electron chi connectivity index (χ0n) is 14.5. The molecule has 1 rings (SSSR count). The van der Waals surface area contributed by atoms with Crippen LogP contribution in [0.15, 0.2) is 11.6 Å². The zero-order valence-corrected chi connectivity index (χ0v) is 14.5. The molecular weight excluding hydrogens is 248 g/mol. The molecule has 0 N–H and O–H groups in total. The standard InChI is InChI=1S/C18H30O2/c1-16(2,3)12-10-11(15(20)18(7,8)9)13(14(12)19)17(4,5)6/h10-11,13H,1-9H3. The van der Waals surface area contributed by atoms with Crippen molar-refractivity contribution in [1.82, 2.24) is 0 Å². The molecule has 2 atom stereocenters. The molecule has 0 spiro atoms. The Bertz CT molecular complexity index is 447. The predicted molar refractivity (Wildman–Crippen MR) is 83.4 cm³/mol. The molecule has 2 heteroatoms. The predicted octanol–water partition coefficient (Wildman–Crippen LogP) is 4.44. The smallest absolute Gasteiger partial charge is 0.163 e. The summed E-state index contributed by atoms with van der Waals surface area (Å²) in [6.45, 7) is 18.1. The Hall–Kier alpha value is -0.920. The average molecular weight is 278 g/mol. The van der Waals surface area contributed by atoms with E-state index >= 15 is 0 Å². The Morgan fingerprint density at radius 3 is 1.70 bits per heavy atom. The first kappa shape index (κ1) is 17.1. The number of hydrogen-bond acceptors (Lipinski definition) is 2. The Morgan fingerprint density at radius 2 is 1.40 bits per heavy atom. The number of ketones is 2. The maximum Gasteiger partial charge on any atom is 0.163 e. The fourth-order valence-corrected chi connectivity index (χ4v) is 2.97. The minimum atomic E-state index is -0.418. The second-order valence-corrected chi connectivity index (χ2v) is 9.18. The van der Waals surface area contributed by atoms with E-state index in [-0.39, 0.29) is 34.2 Å². The quantitative estimate of drug-likeness (QED) is 0.711. The summed E-state index contributed by atoms with van der Waals surface area (Å²) in [6.07, 6.45) is 1.95. The Balaban J connectivity index is 3.34. The fourth-order valence-electron chi connectivity index (χ4n) is 2.97. The molecule has 0 saturated carbocycles. The molecule has 0 fully saturated rings. The Labute approximate surface area is 124 Å². The van der Waals surface area contributed by atoms with Gasteiger partial charge >= 0.3 is 0 Å². The first-order valence-corrected chi connectivity index (χ1v) is 7.48. The average Bonchev–Trinajstić information content (AvgIpc) is 2.51. The lowest BCUT2D eigenvalue weighted by atomic mass is 9.68. The van der Waals surface area contributed by atoms with Crippen LogP contribution >= 0.6 is 0 Å². The van der Waals surface area contributed by atoms with Crippen LogP contribution in [0.2, 0.25) is 0 Å². The van der Waals surface area contributed by atoms with Crippen LogP contribution in [0.5, 0.6) is 0 Å². The summed E-state index contributed by atoms with van der Waals surface area (Å²) in [4.78, 5) is 25.6. The van der Waals surface area contributed by atoms with Gasteiger partial charge < -0.3 is 0 Å². The lowest BCUT2D eigenvalue weighted by molar-refractivity contribution is -0.135. The SMILES string of the molecule is CC(C)(C)C(=O)C1C=C(C(C)(C)C)C(=O)C1C(C)(C)C. The van der Waals surface area contributed by atoms with Crippen LogP contribution < -0.4 is 0 Å². The van der Waals surface area contributed by atoms with Crippen molar-refractivity contribution in [2.24, 2.45) is 28.1 Å². The molecule has 1 aliphatic rings. The molecule has 1 aliphatic carbocycles. The molecule has 0 bridgehead atoms. The molecule has 0 aromatic rings. The number of carbonyl (C=O) groups is 2. The van der Waals surface area contributed by atoms with E-state index in [0.717, 1.165) is 5.57 Å². The van der Waals surface area contributed by atoms with Gasteiger partial charge in [-0.2, -0.15) is 0 Å². The van der Waals surface area contributed by atoms with E-state index in [2.05, 4.69) is 20.8 Å². The monoisotopic (exact) mass is 278 g/mol. The van der Waals surface area contributed by atoms with Crippen LogP contribution in [0, 0.1) is 28.1 Å². The maximum absolute atomic E-state index is 12.8. The van der Waals surface area contributed by atoms with Crippen LogP contribution in [-0.2, 0) is 9.59 Å². The van der Waals surface area contributed by atoms with Gasteiger partial charge in [0.05, 0.1) is 0 Å². The number of rotatable bonds is 1. The third-order valence-corrected chi connectivity index (χ3v) is 4.04. The van der Waals surface area contributed by atoms with Gasteiger partial charge in [-0.1, -0.05) is 68.4 Å². The molecule has 20 heavy (non-hydrogen) atoms. The maximum atomic E-state index is 12.8. The molecule has 0 aromatic carbocycles. The Morgan fingerprint density at radius 1 is 0.950 bits per heavy atom. The van der Waals surface area contributed by atoms with Crippen LogP contribution in [0.4, 0.5) is 0 Å². The van der Waals surface area contributed by atoms with Crippen molar-refractivity contribution < 1.29 is 9.59 Å². The van der Waals surface area contributed by atoms with Crippen LogP contribution in [0.1, 0.15) is 62.3 Å². The van der Waals surface area contributed by atoms with E-state index in [1.165, 1.54) is 0 Å². The summed E-state index contributed by atoms with van der Waals surface area (Å²) in [5.74, 6) is -0.183.